The number of ether oxygens (including phenoxy) is 2. The predicted molar refractivity (Wildman–Crippen MR) is 132 cm³/mol. The first kappa shape index (κ1) is 26.0. The van der Waals surface area contributed by atoms with Crippen molar-refractivity contribution in [3.8, 4) is 5.75 Å². The lowest BCUT2D eigenvalue weighted by molar-refractivity contribution is 0.0263. The van der Waals surface area contributed by atoms with Crippen molar-refractivity contribution in [2.75, 3.05) is 53.0 Å². The smallest absolute Gasteiger partial charge is 0.193 e. The molecule has 1 aliphatic rings. The Morgan fingerprint density at radius 2 is 1.86 bits per heavy atom. The van der Waals surface area contributed by atoms with Crippen molar-refractivity contribution in [1.29, 1.82) is 0 Å². The first-order valence-electron chi connectivity index (χ1n) is 10.7. The van der Waals surface area contributed by atoms with Gasteiger partial charge in [-0.2, -0.15) is 0 Å². The maximum absolute atomic E-state index is 6.07. The van der Waals surface area contributed by atoms with E-state index in [4.69, 9.17) is 9.47 Å². The summed E-state index contributed by atoms with van der Waals surface area (Å²) >= 11 is 0. The largest absolute Gasteiger partial charge is 0.492 e. The molecule has 1 heterocycles. The fourth-order valence-corrected chi connectivity index (χ4v) is 3.59. The molecule has 0 unspecified atom stereocenters. The highest BCUT2D eigenvalue weighted by Gasteiger charge is 2.21. The molecule has 0 aliphatic carbocycles. The number of likely N-dealkylation sites (tertiary alicyclic amines) is 1. The van der Waals surface area contributed by atoms with Gasteiger partial charge in [0.2, 0.25) is 0 Å². The molecule has 2 rings (SSSR count). The van der Waals surface area contributed by atoms with E-state index in [1.54, 1.807) is 0 Å². The van der Waals surface area contributed by atoms with Gasteiger partial charge in [-0.05, 0) is 38.9 Å². The van der Waals surface area contributed by atoms with Crippen LogP contribution in [0.2, 0.25) is 0 Å². The summed E-state index contributed by atoms with van der Waals surface area (Å²) < 4.78 is 11.8. The number of aliphatic imine (C=N–C) groups is 1. The normalized spacial score (nSPS) is 15.3. The van der Waals surface area contributed by atoms with Crippen LogP contribution in [0, 0.1) is 0 Å². The number of piperidine rings is 1. The second-order valence-electron chi connectivity index (χ2n) is 7.03. The van der Waals surface area contributed by atoms with Gasteiger partial charge in [-0.3, -0.25) is 4.99 Å². The summed E-state index contributed by atoms with van der Waals surface area (Å²) in [6.45, 7) is 13.7. The van der Waals surface area contributed by atoms with E-state index < -0.39 is 0 Å². The minimum atomic E-state index is 0. The molecule has 0 aromatic heterocycles. The molecule has 0 amide bonds. The molecule has 1 aromatic carbocycles. The SMILES string of the molecule is CCOC1CCN(C(=NC)NCc2ccccc2OCCN(CC)CC)CC1.I. The van der Waals surface area contributed by atoms with Crippen molar-refractivity contribution in [3.05, 3.63) is 29.8 Å². The maximum Gasteiger partial charge on any atom is 0.193 e. The van der Waals surface area contributed by atoms with Crippen LogP contribution in [0.3, 0.4) is 0 Å². The number of hydrogen-bond donors (Lipinski definition) is 1. The molecule has 0 bridgehead atoms. The molecule has 1 fully saturated rings. The van der Waals surface area contributed by atoms with Gasteiger partial charge in [0.25, 0.3) is 0 Å². The molecule has 0 spiro atoms. The number of hydrogen-bond acceptors (Lipinski definition) is 4. The van der Waals surface area contributed by atoms with Crippen LogP contribution < -0.4 is 10.1 Å². The molecule has 1 aromatic rings. The molecule has 0 radical (unpaired) electrons. The van der Waals surface area contributed by atoms with E-state index in [1.165, 1.54) is 0 Å². The Hall–Kier alpha value is -1.06. The molecule has 6 nitrogen and oxygen atoms in total. The van der Waals surface area contributed by atoms with Gasteiger partial charge in [-0.15, -0.1) is 24.0 Å². The lowest BCUT2D eigenvalue weighted by atomic mass is 10.1. The number of benzene rings is 1. The molecule has 29 heavy (non-hydrogen) atoms. The zero-order chi connectivity index (χ0) is 20.2. The summed E-state index contributed by atoms with van der Waals surface area (Å²) in [7, 11) is 1.85. The molecular formula is C22H39IN4O2. The minimum Gasteiger partial charge on any atom is -0.492 e. The number of para-hydroxylation sites is 1. The fourth-order valence-electron chi connectivity index (χ4n) is 3.59. The van der Waals surface area contributed by atoms with Gasteiger partial charge in [-0.25, -0.2) is 0 Å². The van der Waals surface area contributed by atoms with Crippen LogP contribution in [0.15, 0.2) is 29.3 Å². The highest BCUT2D eigenvalue weighted by molar-refractivity contribution is 14.0. The third kappa shape index (κ3) is 8.68. The third-order valence-electron chi connectivity index (χ3n) is 5.32. The number of halogens is 1. The van der Waals surface area contributed by atoms with Crippen LogP contribution in [0.1, 0.15) is 39.2 Å². The third-order valence-corrected chi connectivity index (χ3v) is 5.32. The van der Waals surface area contributed by atoms with E-state index in [0.717, 1.165) is 69.4 Å². The Bertz CT molecular complexity index is 588. The van der Waals surface area contributed by atoms with E-state index in [-0.39, 0.29) is 24.0 Å². The van der Waals surface area contributed by atoms with Crippen molar-refractivity contribution in [1.82, 2.24) is 15.1 Å². The molecular weight excluding hydrogens is 479 g/mol. The van der Waals surface area contributed by atoms with Gasteiger partial charge in [0.1, 0.15) is 12.4 Å². The lowest BCUT2D eigenvalue weighted by Gasteiger charge is -2.34. The standard InChI is InChI=1S/C22H38N4O2.HI/c1-5-25(6-2)16-17-28-21-11-9-8-10-19(21)18-24-22(23-4)26-14-12-20(13-15-26)27-7-3;/h8-11,20H,5-7,12-18H2,1-4H3,(H,23,24);1H. The van der Waals surface area contributed by atoms with Gasteiger partial charge < -0.3 is 24.6 Å². The number of rotatable bonds is 10. The molecule has 0 atom stereocenters. The predicted octanol–water partition coefficient (Wildman–Crippen LogP) is 3.60. The van der Waals surface area contributed by atoms with Crippen LogP contribution in [0.5, 0.6) is 5.75 Å². The van der Waals surface area contributed by atoms with E-state index in [1.807, 2.05) is 13.1 Å². The summed E-state index contributed by atoms with van der Waals surface area (Å²) in [4.78, 5) is 9.17. The van der Waals surface area contributed by atoms with E-state index in [9.17, 15) is 0 Å². The van der Waals surface area contributed by atoms with Gasteiger partial charge >= 0.3 is 0 Å². The maximum atomic E-state index is 6.07. The topological polar surface area (TPSA) is 49.3 Å². The summed E-state index contributed by atoms with van der Waals surface area (Å²) in [5.74, 6) is 1.90. The van der Waals surface area contributed by atoms with Gasteiger partial charge in [0, 0.05) is 45.4 Å². The number of guanidine groups is 1. The van der Waals surface area contributed by atoms with Gasteiger partial charge in [0.15, 0.2) is 5.96 Å². The molecule has 1 saturated heterocycles. The minimum absolute atomic E-state index is 0. The first-order chi connectivity index (χ1) is 13.7. The average molecular weight is 518 g/mol. The molecule has 166 valence electrons. The Kier molecular flexibility index (Phi) is 13.3. The Balaban J connectivity index is 0.00000420. The Morgan fingerprint density at radius 3 is 2.48 bits per heavy atom. The van der Waals surface area contributed by atoms with E-state index >= 15 is 0 Å². The second kappa shape index (κ2) is 14.8. The summed E-state index contributed by atoms with van der Waals surface area (Å²) in [6.07, 6.45) is 2.50. The van der Waals surface area contributed by atoms with Crippen molar-refractivity contribution in [2.24, 2.45) is 4.99 Å². The summed E-state index contributed by atoms with van der Waals surface area (Å²) in [6, 6.07) is 8.26. The van der Waals surface area contributed by atoms with Crippen LogP contribution in [0.25, 0.3) is 0 Å². The van der Waals surface area contributed by atoms with Crippen molar-refractivity contribution >= 4 is 29.9 Å². The number of nitrogens with zero attached hydrogens (tertiary/aromatic N) is 3. The Morgan fingerprint density at radius 1 is 1.17 bits per heavy atom. The zero-order valence-electron chi connectivity index (χ0n) is 18.5. The van der Waals surface area contributed by atoms with E-state index in [0.29, 0.717) is 19.3 Å². The highest BCUT2D eigenvalue weighted by atomic mass is 127. The summed E-state index contributed by atoms with van der Waals surface area (Å²) in [5.41, 5.74) is 1.16. The zero-order valence-corrected chi connectivity index (χ0v) is 20.9. The Labute approximate surface area is 194 Å². The van der Waals surface area contributed by atoms with Crippen molar-refractivity contribution in [2.45, 2.75) is 46.3 Å². The molecule has 1 N–H and O–H groups in total. The molecule has 0 saturated carbocycles. The first-order valence-corrected chi connectivity index (χ1v) is 10.7. The average Bonchev–Trinajstić information content (AvgIpc) is 2.74. The molecule has 7 heteroatoms. The molecule has 1 aliphatic heterocycles. The van der Waals surface area contributed by atoms with E-state index in [2.05, 4.69) is 59.1 Å². The van der Waals surface area contributed by atoms with Crippen molar-refractivity contribution in [3.63, 3.8) is 0 Å². The second-order valence-corrected chi connectivity index (χ2v) is 7.03. The number of nitrogens with one attached hydrogen (secondary N) is 1. The van der Waals surface area contributed by atoms with Gasteiger partial charge in [0.05, 0.1) is 6.10 Å². The number of likely N-dealkylation sites (N-methyl/N-ethyl adjacent to an activating group) is 1. The van der Waals surface area contributed by atoms with Crippen LogP contribution in [-0.4, -0.2) is 74.8 Å². The monoisotopic (exact) mass is 518 g/mol. The summed E-state index contributed by atoms with van der Waals surface area (Å²) in [5, 5.41) is 3.51. The van der Waals surface area contributed by atoms with Crippen LogP contribution >= 0.6 is 24.0 Å². The van der Waals surface area contributed by atoms with Crippen LogP contribution in [0.4, 0.5) is 0 Å². The van der Waals surface area contributed by atoms with Crippen LogP contribution in [-0.2, 0) is 11.3 Å². The lowest BCUT2D eigenvalue weighted by Crippen LogP contribution is -2.46. The fraction of sp³-hybridized carbons (Fsp3) is 0.682. The highest BCUT2D eigenvalue weighted by Crippen LogP contribution is 2.18. The van der Waals surface area contributed by atoms with Crippen molar-refractivity contribution < 1.29 is 9.47 Å². The van der Waals surface area contributed by atoms with Gasteiger partial charge in [-0.1, -0.05) is 32.0 Å². The quantitative estimate of drug-likeness (QED) is 0.292.